The van der Waals surface area contributed by atoms with Crippen molar-refractivity contribution in [2.24, 2.45) is 0 Å². The minimum absolute atomic E-state index is 0.279. The fourth-order valence-corrected chi connectivity index (χ4v) is 1.07. The molecule has 0 unspecified atom stereocenters. The van der Waals surface area contributed by atoms with Crippen molar-refractivity contribution in [1.82, 2.24) is 10.3 Å². The summed E-state index contributed by atoms with van der Waals surface area (Å²) in [4.78, 5) is 4.10. The highest BCUT2D eigenvalue weighted by molar-refractivity contribution is 5.22. The van der Waals surface area contributed by atoms with Crippen molar-refractivity contribution in [3.05, 3.63) is 18.3 Å². The zero-order valence-corrected chi connectivity index (χ0v) is 7.49. The summed E-state index contributed by atoms with van der Waals surface area (Å²) >= 11 is 0. The quantitative estimate of drug-likeness (QED) is 0.733. The van der Waals surface area contributed by atoms with Gasteiger partial charge >= 0.3 is 0 Å². The van der Waals surface area contributed by atoms with Gasteiger partial charge < -0.3 is 14.8 Å². The van der Waals surface area contributed by atoms with Gasteiger partial charge in [0.05, 0.1) is 13.3 Å². The average Bonchev–Trinajstić information content (AvgIpc) is 2.12. The van der Waals surface area contributed by atoms with E-state index in [1.807, 2.05) is 12.1 Å². The second-order valence-corrected chi connectivity index (χ2v) is 2.93. The molecule has 1 N–H and O–H groups in total. The Balaban J connectivity index is 1.96. The van der Waals surface area contributed by atoms with Crippen molar-refractivity contribution in [1.29, 1.82) is 0 Å². The van der Waals surface area contributed by atoms with Gasteiger partial charge in [0.1, 0.15) is 11.9 Å². The van der Waals surface area contributed by atoms with Gasteiger partial charge in [-0.05, 0) is 6.07 Å². The van der Waals surface area contributed by atoms with Crippen molar-refractivity contribution in [2.75, 3.05) is 20.2 Å². The normalized spacial score (nSPS) is 16.4. The lowest BCUT2D eigenvalue weighted by molar-refractivity contribution is 0.136. The van der Waals surface area contributed by atoms with Crippen LogP contribution in [0.15, 0.2) is 18.3 Å². The minimum Gasteiger partial charge on any atom is -0.495 e. The molecule has 2 heterocycles. The Morgan fingerprint density at radius 1 is 1.46 bits per heavy atom. The molecule has 1 fully saturated rings. The molecule has 0 aromatic carbocycles. The highest BCUT2D eigenvalue weighted by Gasteiger charge is 2.18. The smallest absolute Gasteiger partial charge is 0.213 e. The van der Waals surface area contributed by atoms with Crippen LogP contribution in [0.25, 0.3) is 0 Å². The molecule has 1 aliphatic heterocycles. The molecular formula is C9H12N2O2. The van der Waals surface area contributed by atoms with E-state index in [9.17, 15) is 0 Å². The van der Waals surface area contributed by atoms with Crippen LogP contribution in [0.3, 0.4) is 0 Å². The lowest BCUT2D eigenvalue weighted by Gasteiger charge is -2.27. The summed E-state index contributed by atoms with van der Waals surface area (Å²) in [5.41, 5.74) is 0. The molecule has 13 heavy (non-hydrogen) atoms. The summed E-state index contributed by atoms with van der Waals surface area (Å²) in [6, 6.07) is 3.66. The summed E-state index contributed by atoms with van der Waals surface area (Å²) in [5, 5.41) is 3.13. The molecule has 2 rings (SSSR count). The molecule has 0 amide bonds. The number of nitrogens with zero attached hydrogens (tertiary/aromatic N) is 1. The molecule has 4 heteroatoms. The van der Waals surface area contributed by atoms with Gasteiger partial charge in [-0.2, -0.15) is 0 Å². The van der Waals surface area contributed by atoms with Crippen LogP contribution in [0.2, 0.25) is 0 Å². The number of pyridine rings is 1. The maximum absolute atomic E-state index is 5.52. The highest BCUT2D eigenvalue weighted by Crippen LogP contribution is 2.14. The van der Waals surface area contributed by atoms with Gasteiger partial charge in [-0.15, -0.1) is 0 Å². The van der Waals surface area contributed by atoms with Crippen molar-refractivity contribution in [2.45, 2.75) is 6.10 Å². The van der Waals surface area contributed by atoms with Gasteiger partial charge in [-0.25, -0.2) is 4.98 Å². The molecule has 1 saturated heterocycles. The summed E-state index contributed by atoms with van der Waals surface area (Å²) in [7, 11) is 1.62. The van der Waals surface area contributed by atoms with Gasteiger partial charge in [0, 0.05) is 19.2 Å². The lowest BCUT2D eigenvalue weighted by atomic mass is 10.2. The van der Waals surface area contributed by atoms with Crippen LogP contribution in [0.5, 0.6) is 11.6 Å². The summed E-state index contributed by atoms with van der Waals surface area (Å²) in [6.45, 7) is 1.82. The Morgan fingerprint density at radius 3 is 2.77 bits per heavy atom. The van der Waals surface area contributed by atoms with Crippen LogP contribution >= 0.6 is 0 Å². The van der Waals surface area contributed by atoms with Crippen molar-refractivity contribution < 1.29 is 9.47 Å². The van der Waals surface area contributed by atoms with Crippen LogP contribution in [0, 0.1) is 0 Å². The standard InChI is InChI=1S/C9H12N2O2/c1-12-7-2-3-9(11-6-7)13-8-4-10-5-8/h2-3,6,8,10H,4-5H2,1H3. The Hall–Kier alpha value is -1.29. The van der Waals surface area contributed by atoms with Gasteiger partial charge in [0.2, 0.25) is 5.88 Å². The third-order valence-electron chi connectivity index (χ3n) is 1.98. The molecule has 1 aromatic rings. The molecule has 0 spiro atoms. The van der Waals surface area contributed by atoms with E-state index in [0.717, 1.165) is 18.8 Å². The molecule has 4 nitrogen and oxygen atoms in total. The Morgan fingerprint density at radius 2 is 2.31 bits per heavy atom. The third kappa shape index (κ3) is 1.89. The van der Waals surface area contributed by atoms with Gasteiger partial charge in [-0.1, -0.05) is 0 Å². The summed E-state index contributed by atoms with van der Waals surface area (Å²) in [5.74, 6) is 1.41. The fourth-order valence-electron chi connectivity index (χ4n) is 1.07. The first kappa shape index (κ1) is 8.31. The Kier molecular flexibility index (Phi) is 2.31. The molecule has 1 aliphatic rings. The maximum atomic E-state index is 5.52. The van der Waals surface area contributed by atoms with Gasteiger partial charge in [0.25, 0.3) is 0 Å². The number of rotatable bonds is 3. The molecule has 0 saturated carbocycles. The molecule has 0 radical (unpaired) electrons. The van der Waals surface area contributed by atoms with Crippen LogP contribution in [-0.4, -0.2) is 31.3 Å². The van der Waals surface area contributed by atoms with Crippen molar-refractivity contribution in [3.8, 4) is 11.6 Å². The summed E-state index contributed by atoms with van der Waals surface area (Å²) < 4.78 is 10.5. The van der Waals surface area contributed by atoms with E-state index in [0.29, 0.717) is 5.88 Å². The van der Waals surface area contributed by atoms with Crippen molar-refractivity contribution in [3.63, 3.8) is 0 Å². The first-order valence-electron chi connectivity index (χ1n) is 4.26. The molecule has 70 valence electrons. The SMILES string of the molecule is COc1ccc(OC2CNC2)nc1. The number of hydrogen-bond donors (Lipinski definition) is 1. The van der Waals surface area contributed by atoms with Crippen LogP contribution in [0.1, 0.15) is 0 Å². The monoisotopic (exact) mass is 180 g/mol. The zero-order valence-electron chi connectivity index (χ0n) is 7.49. The molecule has 0 atom stereocenters. The first-order valence-corrected chi connectivity index (χ1v) is 4.26. The molecule has 1 aromatic heterocycles. The minimum atomic E-state index is 0.279. The average molecular weight is 180 g/mol. The van der Waals surface area contributed by atoms with E-state index in [2.05, 4.69) is 10.3 Å². The first-order chi connectivity index (χ1) is 6.38. The van der Waals surface area contributed by atoms with E-state index in [1.54, 1.807) is 13.3 Å². The van der Waals surface area contributed by atoms with E-state index in [4.69, 9.17) is 9.47 Å². The van der Waals surface area contributed by atoms with Crippen LogP contribution < -0.4 is 14.8 Å². The molecule has 0 aliphatic carbocycles. The van der Waals surface area contributed by atoms with E-state index >= 15 is 0 Å². The van der Waals surface area contributed by atoms with Crippen LogP contribution in [0.4, 0.5) is 0 Å². The van der Waals surface area contributed by atoms with E-state index in [-0.39, 0.29) is 6.10 Å². The largest absolute Gasteiger partial charge is 0.495 e. The van der Waals surface area contributed by atoms with Crippen LogP contribution in [-0.2, 0) is 0 Å². The second kappa shape index (κ2) is 3.62. The van der Waals surface area contributed by atoms with E-state index < -0.39 is 0 Å². The second-order valence-electron chi connectivity index (χ2n) is 2.93. The predicted octanol–water partition coefficient (Wildman–Crippen LogP) is 0.441. The molecular weight excluding hydrogens is 168 g/mol. The number of nitrogens with one attached hydrogen (secondary N) is 1. The topological polar surface area (TPSA) is 43.4 Å². The number of methoxy groups -OCH3 is 1. The Bertz CT molecular complexity index is 269. The van der Waals surface area contributed by atoms with Gasteiger partial charge in [0.15, 0.2) is 0 Å². The third-order valence-corrected chi connectivity index (χ3v) is 1.98. The number of ether oxygens (including phenoxy) is 2. The highest BCUT2D eigenvalue weighted by atomic mass is 16.5. The van der Waals surface area contributed by atoms with Gasteiger partial charge in [-0.3, -0.25) is 0 Å². The van der Waals surface area contributed by atoms with Crippen molar-refractivity contribution >= 4 is 0 Å². The van der Waals surface area contributed by atoms with E-state index in [1.165, 1.54) is 0 Å². The fraction of sp³-hybridized carbons (Fsp3) is 0.444. The lowest BCUT2D eigenvalue weighted by Crippen LogP contribution is -2.50. The number of hydrogen-bond acceptors (Lipinski definition) is 4. The zero-order chi connectivity index (χ0) is 9.10. The number of aromatic nitrogens is 1. The Labute approximate surface area is 76.9 Å². The molecule has 0 bridgehead atoms. The summed E-state index contributed by atoms with van der Waals surface area (Å²) in [6.07, 6.45) is 1.93. The maximum Gasteiger partial charge on any atom is 0.213 e. The predicted molar refractivity (Wildman–Crippen MR) is 48.1 cm³/mol.